The molecule has 0 radical (unpaired) electrons. The third-order valence-corrected chi connectivity index (χ3v) is 7.55. The summed E-state index contributed by atoms with van der Waals surface area (Å²) < 4.78 is 65.5. The molecule has 3 rings (SSSR count). The first-order valence-electron chi connectivity index (χ1n) is 9.85. The van der Waals surface area contributed by atoms with Gasteiger partial charge in [0.2, 0.25) is 10.0 Å². The van der Waals surface area contributed by atoms with Crippen LogP contribution in [0, 0.1) is 16.0 Å². The molecule has 2 fully saturated rings. The van der Waals surface area contributed by atoms with Crippen LogP contribution in [-0.2, 0) is 10.0 Å². The summed E-state index contributed by atoms with van der Waals surface area (Å²) in [7, 11) is -3.97. The van der Waals surface area contributed by atoms with Gasteiger partial charge in [0.15, 0.2) is 0 Å². The van der Waals surface area contributed by atoms with E-state index in [9.17, 15) is 36.5 Å². The first-order chi connectivity index (χ1) is 14.5. The minimum Gasteiger partial charge on any atom is -0.335 e. The highest BCUT2D eigenvalue weighted by Gasteiger charge is 2.42. The molecule has 1 saturated carbocycles. The van der Waals surface area contributed by atoms with Crippen LogP contribution in [-0.4, -0.2) is 67.0 Å². The highest BCUT2D eigenvalue weighted by Crippen LogP contribution is 2.37. The summed E-state index contributed by atoms with van der Waals surface area (Å²) in [5, 5.41) is 13.5. The van der Waals surface area contributed by atoms with Crippen molar-refractivity contribution in [3.63, 3.8) is 0 Å². The van der Waals surface area contributed by atoms with E-state index in [-0.39, 0.29) is 49.6 Å². The highest BCUT2D eigenvalue weighted by molar-refractivity contribution is 7.89. The van der Waals surface area contributed by atoms with Gasteiger partial charge in [0.05, 0.1) is 15.7 Å². The lowest BCUT2D eigenvalue weighted by Crippen LogP contribution is -2.55. The number of piperazine rings is 1. The van der Waals surface area contributed by atoms with Crippen molar-refractivity contribution in [2.24, 2.45) is 5.92 Å². The molecule has 2 unspecified atom stereocenters. The molecule has 1 N–H and O–H groups in total. The van der Waals surface area contributed by atoms with Crippen LogP contribution < -0.4 is 5.32 Å². The Hall–Kier alpha value is -2.41. The molecule has 0 bridgehead atoms. The second kappa shape index (κ2) is 8.99. The quantitative estimate of drug-likeness (QED) is 0.544. The monoisotopic (exact) mass is 464 g/mol. The van der Waals surface area contributed by atoms with Crippen molar-refractivity contribution in [2.45, 2.75) is 42.8 Å². The lowest BCUT2D eigenvalue weighted by Gasteiger charge is -2.36. The summed E-state index contributed by atoms with van der Waals surface area (Å²) in [6.07, 6.45) is -3.53. The van der Waals surface area contributed by atoms with E-state index in [1.54, 1.807) is 0 Å². The zero-order valence-corrected chi connectivity index (χ0v) is 17.4. The first kappa shape index (κ1) is 23.3. The van der Waals surface area contributed by atoms with E-state index in [1.807, 2.05) is 0 Å². The molecule has 31 heavy (non-hydrogen) atoms. The van der Waals surface area contributed by atoms with E-state index >= 15 is 0 Å². The molecule has 2 atom stereocenters. The van der Waals surface area contributed by atoms with Crippen molar-refractivity contribution < 1.29 is 31.3 Å². The van der Waals surface area contributed by atoms with Crippen LogP contribution in [0.25, 0.3) is 0 Å². The number of benzene rings is 1. The maximum Gasteiger partial charge on any atom is 0.391 e. The number of non-ortho nitro benzene ring substituents is 1. The molecule has 2 amide bonds. The number of carbonyl (C=O) groups is 1. The Morgan fingerprint density at radius 1 is 1.16 bits per heavy atom. The zero-order chi connectivity index (χ0) is 22.8. The number of hydrogen-bond acceptors (Lipinski definition) is 5. The minimum absolute atomic E-state index is 0.0196. The number of sulfonamides is 1. The third kappa shape index (κ3) is 5.45. The Kier molecular flexibility index (Phi) is 6.74. The number of nitro groups is 1. The maximum absolute atomic E-state index is 12.9. The number of halogens is 3. The minimum atomic E-state index is -4.28. The summed E-state index contributed by atoms with van der Waals surface area (Å²) in [5.41, 5.74) is -0.344. The van der Waals surface area contributed by atoms with Crippen LogP contribution in [0.2, 0.25) is 0 Å². The molecule has 9 nitrogen and oxygen atoms in total. The normalized spacial score (nSPS) is 23.4. The second-order valence-electron chi connectivity index (χ2n) is 7.70. The molecule has 1 aliphatic carbocycles. The van der Waals surface area contributed by atoms with Gasteiger partial charge in [-0.3, -0.25) is 10.1 Å². The molecular formula is C18H23F3N4O5S. The van der Waals surface area contributed by atoms with E-state index in [1.165, 1.54) is 23.1 Å². The number of nitrogens with zero attached hydrogens (tertiary/aromatic N) is 3. The number of rotatable bonds is 4. The summed E-state index contributed by atoms with van der Waals surface area (Å²) in [6, 6.07) is 3.64. The molecule has 2 aliphatic rings. The fraction of sp³-hybridized carbons (Fsp3) is 0.611. The lowest BCUT2D eigenvalue weighted by atomic mass is 9.85. The highest BCUT2D eigenvalue weighted by atomic mass is 32.2. The van der Waals surface area contributed by atoms with Gasteiger partial charge >= 0.3 is 12.2 Å². The van der Waals surface area contributed by atoms with Crippen LogP contribution in [0.4, 0.5) is 23.7 Å². The van der Waals surface area contributed by atoms with Gasteiger partial charge in [-0.05, 0) is 25.3 Å². The Balaban J connectivity index is 1.57. The van der Waals surface area contributed by atoms with Crippen molar-refractivity contribution in [2.75, 3.05) is 26.2 Å². The topological polar surface area (TPSA) is 113 Å². The van der Waals surface area contributed by atoms with Gasteiger partial charge in [-0.1, -0.05) is 12.5 Å². The first-order valence-corrected chi connectivity index (χ1v) is 11.3. The number of nitrogens with one attached hydrogen (secondary N) is 1. The zero-order valence-electron chi connectivity index (χ0n) is 16.5. The van der Waals surface area contributed by atoms with Crippen molar-refractivity contribution in [1.29, 1.82) is 0 Å². The van der Waals surface area contributed by atoms with Gasteiger partial charge in [0.1, 0.15) is 0 Å². The number of amides is 2. The largest absolute Gasteiger partial charge is 0.391 e. The van der Waals surface area contributed by atoms with Crippen molar-refractivity contribution >= 4 is 21.7 Å². The van der Waals surface area contributed by atoms with E-state index in [4.69, 9.17) is 0 Å². The van der Waals surface area contributed by atoms with Gasteiger partial charge in [-0.25, -0.2) is 13.2 Å². The summed E-state index contributed by atoms with van der Waals surface area (Å²) in [6.45, 7) is 0.0907. The van der Waals surface area contributed by atoms with Gasteiger partial charge in [0.25, 0.3) is 5.69 Å². The summed E-state index contributed by atoms with van der Waals surface area (Å²) in [5.74, 6) is -1.43. The summed E-state index contributed by atoms with van der Waals surface area (Å²) in [4.78, 5) is 23.8. The molecule has 13 heteroatoms. The Labute approximate surface area is 177 Å². The van der Waals surface area contributed by atoms with Crippen LogP contribution in [0.1, 0.15) is 25.7 Å². The van der Waals surface area contributed by atoms with Crippen LogP contribution in [0.3, 0.4) is 0 Å². The van der Waals surface area contributed by atoms with Crippen LogP contribution in [0.15, 0.2) is 29.2 Å². The van der Waals surface area contributed by atoms with Gasteiger partial charge in [-0.15, -0.1) is 0 Å². The number of urea groups is 1. The molecule has 172 valence electrons. The molecule has 1 aromatic carbocycles. The number of nitro benzene ring substituents is 1. The average Bonchev–Trinajstić information content (AvgIpc) is 2.73. The van der Waals surface area contributed by atoms with Gasteiger partial charge < -0.3 is 10.2 Å². The molecule has 1 aliphatic heterocycles. The molecule has 1 aromatic rings. The number of hydrogen-bond donors (Lipinski definition) is 1. The SMILES string of the molecule is O=C(NC1CCCC(C(F)(F)F)C1)N1CCN(S(=O)(=O)c2cccc([N+](=O)[O-])c2)CC1. The van der Waals surface area contributed by atoms with E-state index in [0.717, 1.165) is 10.4 Å². The van der Waals surface area contributed by atoms with Gasteiger partial charge in [-0.2, -0.15) is 17.5 Å². The average molecular weight is 464 g/mol. The molecule has 0 spiro atoms. The number of alkyl halides is 3. The van der Waals surface area contributed by atoms with Crippen molar-refractivity contribution in [3.05, 3.63) is 34.4 Å². The maximum atomic E-state index is 12.9. The Bertz CT molecular complexity index is 932. The Morgan fingerprint density at radius 2 is 1.84 bits per heavy atom. The molecular weight excluding hydrogens is 441 g/mol. The van der Waals surface area contributed by atoms with Crippen LogP contribution >= 0.6 is 0 Å². The molecule has 1 saturated heterocycles. The number of carbonyl (C=O) groups excluding carboxylic acids is 1. The molecule has 0 aromatic heterocycles. The predicted octanol–water partition coefficient (Wildman–Crippen LogP) is 2.73. The summed E-state index contributed by atoms with van der Waals surface area (Å²) >= 11 is 0. The fourth-order valence-corrected chi connectivity index (χ4v) is 5.38. The Morgan fingerprint density at radius 3 is 2.45 bits per heavy atom. The van der Waals surface area contributed by atoms with Crippen molar-refractivity contribution in [3.8, 4) is 0 Å². The standard InChI is InChI=1S/C18H23F3N4O5S/c19-18(20,21)13-3-1-4-14(11-13)22-17(26)23-7-9-24(10-8-23)31(29,30)16-6-2-5-15(12-16)25(27)28/h2,5-6,12-14H,1,3-4,7-11H2,(H,22,26). The third-order valence-electron chi connectivity index (χ3n) is 5.66. The lowest BCUT2D eigenvalue weighted by molar-refractivity contribution is -0.385. The second-order valence-corrected chi connectivity index (χ2v) is 9.64. The van der Waals surface area contributed by atoms with Crippen LogP contribution in [0.5, 0.6) is 0 Å². The van der Waals surface area contributed by atoms with E-state index < -0.39 is 39.1 Å². The molecule has 1 heterocycles. The van der Waals surface area contributed by atoms with E-state index in [0.29, 0.717) is 12.8 Å². The van der Waals surface area contributed by atoms with Gasteiger partial charge in [0, 0.05) is 44.4 Å². The fourth-order valence-electron chi connectivity index (χ4n) is 3.92. The van der Waals surface area contributed by atoms with E-state index in [2.05, 4.69) is 5.32 Å². The smallest absolute Gasteiger partial charge is 0.335 e. The van der Waals surface area contributed by atoms with Crippen molar-refractivity contribution in [1.82, 2.24) is 14.5 Å². The predicted molar refractivity (Wildman–Crippen MR) is 104 cm³/mol.